The molecule has 0 aliphatic carbocycles. The van der Waals surface area contributed by atoms with Gasteiger partial charge >= 0.3 is 0 Å². The molecule has 0 radical (unpaired) electrons. The monoisotopic (exact) mass is 310 g/mol. The van der Waals surface area contributed by atoms with Gasteiger partial charge in [-0.05, 0) is 50.9 Å². The number of carbonyl (C=O) groups excluding carboxylic acids is 1. The summed E-state index contributed by atoms with van der Waals surface area (Å²) in [6, 6.07) is 6.37. The van der Waals surface area contributed by atoms with Gasteiger partial charge in [0.05, 0.1) is 0 Å². The van der Waals surface area contributed by atoms with E-state index in [0.717, 1.165) is 35.1 Å². The molecule has 0 saturated carbocycles. The Labute approximate surface area is 116 Å². The van der Waals surface area contributed by atoms with Crippen LogP contribution in [0.1, 0.15) is 25.3 Å². The Morgan fingerprint density at radius 3 is 3.00 bits per heavy atom. The highest BCUT2D eigenvalue weighted by Crippen LogP contribution is 2.23. The van der Waals surface area contributed by atoms with Crippen LogP contribution in [0.25, 0.3) is 0 Å². The lowest BCUT2D eigenvalue weighted by Gasteiger charge is -2.27. The molecule has 2 rings (SSSR count). The fourth-order valence-electron chi connectivity index (χ4n) is 2.33. The molecule has 1 aromatic rings. The molecule has 18 heavy (non-hydrogen) atoms. The zero-order valence-electron chi connectivity index (χ0n) is 10.8. The molecule has 0 aromatic heterocycles. The summed E-state index contributed by atoms with van der Waals surface area (Å²) in [7, 11) is 0. The first-order valence-corrected chi connectivity index (χ1v) is 7.16. The quantitative estimate of drug-likeness (QED) is 0.881. The molecule has 1 amide bonds. The van der Waals surface area contributed by atoms with Gasteiger partial charge in [-0.2, -0.15) is 0 Å². The van der Waals surface area contributed by atoms with E-state index in [9.17, 15) is 4.79 Å². The van der Waals surface area contributed by atoms with Crippen molar-refractivity contribution in [3.8, 4) is 0 Å². The minimum Gasteiger partial charge on any atom is -0.326 e. The van der Waals surface area contributed by atoms with Gasteiger partial charge in [-0.1, -0.05) is 22.0 Å². The Kier molecular flexibility index (Phi) is 4.40. The topological polar surface area (TPSA) is 41.1 Å². The number of carbonyl (C=O) groups is 1. The van der Waals surface area contributed by atoms with Gasteiger partial charge in [-0.25, -0.2) is 0 Å². The standard InChI is InChI=1S/C14H19BrN2O/c1-9-3-4-12(15)8-13(9)17-14(18)11-5-6-16-10(2)7-11/h3-4,8,10-11,16H,5-7H2,1-2H3,(H,17,18). The van der Waals surface area contributed by atoms with Gasteiger partial charge in [-0.15, -0.1) is 0 Å². The van der Waals surface area contributed by atoms with Crippen LogP contribution in [-0.4, -0.2) is 18.5 Å². The molecular weight excluding hydrogens is 292 g/mol. The lowest BCUT2D eigenvalue weighted by molar-refractivity contribution is -0.120. The van der Waals surface area contributed by atoms with E-state index in [0.29, 0.717) is 6.04 Å². The van der Waals surface area contributed by atoms with Crippen LogP contribution >= 0.6 is 15.9 Å². The molecule has 1 aromatic carbocycles. The van der Waals surface area contributed by atoms with Crippen LogP contribution in [0.5, 0.6) is 0 Å². The second-order valence-electron chi connectivity index (χ2n) is 5.02. The van der Waals surface area contributed by atoms with Gasteiger partial charge in [0.25, 0.3) is 0 Å². The Morgan fingerprint density at radius 2 is 2.28 bits per heavy atom. The second-order valence-corrected chi connectivity index (χ2v) is 5.94. The van der Waals surface area contributed by atoms with E-state index in [1.54, 1.807) is 0 Å². The maximum Gasteiger partial charge on any atom is 0.227 e. The van der Waals surface area contributed by atoms with Gasteiger partial charge in [0.2, 0.25) is 5.91 Å². The van der Waals surface area contributed by atoms with Crippen LogP contribution in [0.3, 0.4) is 0 Å². The third kappa shape index (κ3) is 3.33. The van der Waals surface area contributed by atoms with E-state index >= 15 is 0 Å². The van der Waals surface area contributed by atoms with Gasteiger partial charge < -0.3 is 10.6 Å². The number of amides is 1. The Hall–Kier alpha value is -0.870. The lowest BCUT2D eigenvalue weighted by Crippen LogP contribution is -2.40. The molecule has 98 valence electrons. The van der Waals surface area contributed by atoms with E-state index in [4.69, 9.17) is 0 Å². The van der Waals surface area contributed by atoms with E-state index in [1.165, 1.54) is 0 Å². The molecule has 3 nitrogen and oxygen atoms in total. The molecule has 1 heterocycles. The van der Waals surface area contributed by atoms with Crippen molar-refractivity contribution in [2.45, 2.75) is 32.7 Å². The summed E-state index contributed by atoms with van der Waals surface area (Å²) in [5, 5.41) is 6.41. The number of rotatable bonds is 2. The van der Waals surface area contributed by atoms with Crippen LogP contribution in [0.2, 0.25) is 0 Å². The van der Waals surface area contributed by atoms with E-state index < -0.39 is 0 Å². The maximum atomic E-state index is 12.2. The van der Waals surface area contributed by atoms with Crippen molar-refractivity contribution < 1.29 is 4.79 Å². The van der Waals surface area contributed by atoms with Crippen LogP contribution in [0.4, 0.5) is 5.69 Å². The van der Waals surface area contributed by atoms with Gasteiger partial charge in [-0.3, -0.25) is 4.79 Å². The first-order chi connectivity index (χ1) is 8.56. The first kappa shape index (κ1) is 13.6. The van der Waals surface area contributed by atoms with Crippen LogP contribution in [0.15, 0.2) is 22.7 Å². The van der Waals surface area contributed by atoms with Crippen LogP contribution < -0.4 is 10.6 Å². The number of benzene rings is 1. The molecular formula is C14H19BrN2O. The Balaban J connectivity index is 2.04. The van der Waals surface area contributed by atoms with Crippen molar-refractivity contribution in [2.75, 3.05) is 11.9 Å². The van der Waals surface area contributed by atoms with Crippen LogP contribution in [-0.2, 0) is 4.79 Å². The minimum absolute atomic E-state index is 0.125. The molecule has 1 aliphatic rings. The fraction of sp³-hybridized carbons (Fsp3) is 0.500. The van der Waals surface area contributed by atoms with E-state index in [-0.39, 0.29) is 11.8 Å². The predicted molar refractivity (Wildman–Crippen MR) is 77.7 cm³/mol. The fourth-order valence-corrected chi connectivity index (χ4v) is 2.69. The normalized spacial score (nSPS) is 23.7. The third-order valence-electron chi connectivity index (χ3n) is 3.45. The Bertz CT molecular complexity index is 447. The number of aryl methyl sites for hydroxylation is 1. The maximum absolute atomic E-state index is 12.2. The first-order valence-electron chi connectivity index (χ1n) is 6.36. The zero-order valence-corrected chi connectivity index (χ0v) is 12.4. The van der Waals surface area contributed by atoms with Crippen molar-refractivity contribution in [3.05, 3.63) is 28.2 Å². The van der Waals surface area contributed by atoms with Gasteiger partial charge in [0, 0.05) is 22.1 Å². The predicted octanol–water partition coefficient (Wildman–Crippen LogP) is 3.08. The number of halogens is 1. The number of anilines is 1. The second kappa shape index (κ2) is 5.85. The molecule has 4 heteroatoms. The van der Waals surface area contributed by atoms with Crippen molar-refractivity contribution in [1.82, 2.24) is 5.32 Å². The number of hydrogen-bond donors (Lipinski definition) is 2. The zero-order chi connectivity index (χ0) is 13.1. The highest BCUT2D eigenvalue weighted by atomic mass is 79.9. The molecule has 0 bridgehead atoms. The van der Waals surface area contributed by atoms with Crippen LogP contribution in [0, 0.1) is 12.8 Å². The Morgan fingerprint density at radius 1 is 1.50 bits per heavy atom. The number of piperidine rings is 1. The third-order valence-corrected chi connectivity index (χ3v) is 3.95. The van der Waals surface area contributed by atoms with Crippen molar-refractivity contribution >= 4 is 27.5 Å². The molecule has 2 atom stereocenters. The highest BCUT2D eigenvalue weighted by molar-refractivity contribution is 9.10. The smallest absolute Gasteiger partial charge is 0.227 e. The summed E-state index contributed by atoms with van der Waals surface area (Å²) >= 11 is 3.43. The summed E-state index contributed by atoms with van der Waals surface area (Å²) in [4.78, 5) is 12.2. The molecule has 1 fully saturated rings. The highest BCUT2D eigenvalue weighted by Gasteiger charge is 2.24. The average molecular weight is 311 g/mol. The lowest BCUT2D eigenvalue weighted by atomic mass is 9.92. The van der Waals surface area contributed by atoms with Crippen molar-refractivity contribution in [1.29, 1.82) is 0 Å². The van der Waals surface area contributed by atoms with Crippen molar-refractivity contribution in [3.63, 3.8) is 0 Å². The van der Waals surface area contributed by atoms with Crippen molar-refractivity contribution in [2.24, 2.45) is 5.92 Å². The molecule has 1 aliphatic heterocycles. The average Bonchev–Trinajstić information content (AvgIpc) is 2.34. The van der Waals surface area contributed by atoms with E-state index in [2.05, 4.69) is 33.5 Å². The molecule has 0 spiro atoms. The molecule has 1 saturated heterocycles. The number of nitrogens with one attached hydrogen (secondary N) is 2. The van der Waals surface area contributed by atoms with Gasteiger partial charge in [0.15, 0.2) is 0 Å². The van der Waals surface area contributed by atoms with Gasteiger partial charge in [0.1, 0.15) is 0 Å². The summed E-state index contributed by atoms with van der Waals surface area (Å²) in [5.74, 6) is 0.268. The SMILES string of the molecule is Cc1ccc(Br)cc1NC(=O)C1CCNC(C)C1. The minimum atomic E-state index is 0.125. The number of hydrogen-bond acceptors (Lipinski definition) is 2. The summed E-state index contributed by atoms with van der Waals surface area (Å²) < 4.78 is 0.988. The molecule has 2 unspecified atom stereocenters. The summed E-state index contributed by atoms with van der Waals surface area (Å²) in [5.41, 5.74) is 1.99. The summed E-state index contributed by atoms with van der Waals surface area (Å²) in [6.45, 7) is 5.06. The summed E-state index contributed by atoms with van der Waals surface area (Å²) in [6.07, 6.45) is 1.84. The largest absolute Gasteiger partial charge is 0.326 e. The van der Waals surface area contributed by atoms with E-state index in [1.807, 2.05) is 25.1 Å². The molecule has 2 N–H and O–H groups in total.